The average molecular weight is 271 g/mol. The summed E-state index contributed by atoms with van der Waals surface area (Å²) in [7, 11) is 1.84. The van der Waals surface area contributed by atoms with E-state index in [4.69, 9.17) is 9.47 Å². The van der Waals surface area contributed by atoms with E-state index >= 15 is 0 Å². The molecule has 3 rings (SSSR count). The highest BCUT2D eigenvalue weighted by molar-refractivity contribution is 7.99. The Morgan fingerprint density at radius 3 is 2.94 bits per heavy atom. The lowest BCUT2D eigenvalue weighted by atomic mass is 9.89. The van der Waals surface area contributed by atoms with Crippen LogP contribution in [0.25, 0.3) is 0 Å². The van der Waals surface area contributed by atoms with Crippen molar-refractivity contribution in [3.05, 3.63) is 0 Å². The third-order valence-electron chi connectivity index (χ3n) is 4.75. The van der Waals surface area contributed by atoms with Crippen molar-refractivity contribution in [3.63, 3.8) is 0 Å². The van der Waals surface area contributed by atoms with Gasteiger partial charge in [-0.05, 0) is 44.3 Å². The molecule has 4 heteroatoms. The Balaban J connectivity index is 1.51. The Bertz CT molecular complexity index is 281. The van der Waals surface area contributed by atoms with Gasteiger partial charge in [-0.25, -0.2) is 0 Å². The molecule has 0 aromatic rings. The summed E-state index contributed by atoms with van der Waals surface area (Å²) in [4.78, 5) is 0. The van der Waals surface area contributed by atoms with Crippen LogP contribution in [0, 0.1) is 0 Å². The molecule has 1 saturated carbocycles. The topological polar surface area (TPSA) is 30.5 Å². The van der Waals surface area contributed by atoms with Gasteiger partial charge in [-0.1, -0.05) is 0 Å². The number of ether oxygens (including phenoxy) is 2. The number of rotatable bonds is 3. The molecule has 4 unspecified atom stereocenters. The molecule has 1 aliphatic carbocycles. The third-order valence-corrected chi connectivity index (χ3v) is 5.97. The first-order valence-electron chi connectivity index (χ1n) is 7.30. The van der Waals surface area contributed by atoms with Crippen LogP contribution in [0.2, 0.25) is 0 Å². The lowest BCUT2D eigenvalue weighted by Gasteiger charge is -2.39. The summed E-state index contributed by atoms with van der Waals surface area (Å²) in [6, 6.07) is 1.34. The van der Waals surface area contributed by atoms with Crippen LogP contribution in [-0.4, -0.2) is 49.0 Å². The largest absolute Gasteiger partial charge is 0.381 e. The molecule has 1 N–H and O–H groups in total. The maximum absolute atomic E-state index is 6.08. The van der Waals surface area contributed by atoms with Crippen molar-refractivity contribution in [1.82, 2.24) is 5.32 Å². The molecule has 0 aromatic heterocycles. The molecule has 18 heavy (non-hydrogen) atoms. The van der Waals surface area contributed by atoms with E-state index in [1.54, 1.807) is 0 Å². The van der Waals surface area contributed by atoms with Gasteiger partial charge in [0.05, 0.1) is 11.7 Å². The van der Waals surface area contributed by atoms with Crippen LogP contribution in [0.3, 0.4) is 0 Å². The Labute approximate surface area is 114 Å². The van der Waals surface area contributed by atoms with E-state index < -0.39 is 0 Å². The molecule has 1 spiro atoms. The van der Waals surface area contributed by atoms with Crippen molar-refractivity contribution in [2.75, 3.05) is 25.2 Å². The zero-order valence-corrected chi connectivity index (χ0v) is 12.1. The molecular formula is C14H25NO2S. The van der Waals surface area contributed by atoms with Gasteiger partial charge in [-0.15, -0.1) is 0 Å². The van der Waals surface area contributed by atoms with Crippen molar-refractivity contribution < 1.29 is 9.47 Å². The lowest BCUT2D eigenvalue weighted by Crippen LogP contribution is -2.49. The molecule has 2 aliphatic heterocycles. The van der Waals surface area contributed by atoms with Crippen molar-refractivity contribution in [2.45, 2.75) is 62.3 Å². The van der Waals surface area contributed by atoms with E-state index in [2.05, 4.69) is 17.1 Å². The summed E-state index contributed by atoms with van der Waals surface area (Å²) in [5.41, 5.74) is 0.208. The highest BCUT2D eigenvalue weighted by Gasteiger charge is 2.41. The molecule has 3 aliphatic rings. The first kappa shape index (κ1) is 13.2. The molecule has 0 radical (unpaired) electrons. The number of methoxy groups -OCH3 is 1. The predicted molar refractivity (Wildman–Crippen MR) is 75.2 cm³/mol. The molecule has 3 fully saturated rings. The summed E-state index contributed by atoms with van der Waals surface area (Å²) < 4.78 is 11.5. The third kappa shape index (κ3) is 2.87. The summed E-state index contributed by atoms with van der Waals surface area (Å²) in [6.45, 7) is 0.943. The molecule has 2 saturated heterocycles. The van der Waals surface area contributed by atoms with Crippen molar-refractivity contribution in [3.8, 4) is 0 Å². The second-order valence-corrected chi connectivity index (χ2v) is 7.16. The summed E-state index contributed by atoms with van der Waals surface area (Å²) in [6.07, 6.45) is 7.82. The molecular weight excluding hydrogens is 246 g/mol. The van der Waals surface area contributed by atoms with Crippen LogP contribution in [0.1, 0.15) is 38.5 Å². The quantitative estimate of drug-likeness (QED) is 0.852. The van der Waals surface area contributed by atoms with Gasteiger partial charge < -0.3 is 14.8 Å². The van der Waals surface area contributed by atoms with Crippen LogP contribution in [0.5, 0.6) is 0 Å². The standard InChI is InChI=1S/C14H25NO2S/c1-16-13-3-2-11(8-13)15-12-4-6-17-14(9-12)5-7-18-10-14/h11-13,15H,2-10H2,1H3. The van der Waals surface area contributed by atoms with E-state index in [-0.39, 0.29) is 5.60 Å². The van der Waals surface area contributed by atoms with E-state index in [0.29, 0.717) is 18.2 Å². The number of nitrogens with one attached hydrogen (secondary N) is 1. The number of thioether (sulfide) groups is 1. The van der Waals surface area contributed by atoms with Gasteiger partial charge in [0.25, 0.3) is 0 Å². The normalized spacial score (nSPS) is 44.8. The van der Waals surface area contributed by atoms with Gasteiger partial charge in [0.1, 0.15) is 0 Å². The number of hydrogen-bond acceptors (Lipinski definition) is 4. The molecule has 3 nitrogen and oxygen atoms in total. The zero-order valence-electron chi connectivity index (χ0n) is 11.3. The summed E-state index contributed by atoms with van der Waals surface area (Å²) in [5.74, 6) is 2.48. The van der Waals surface area contributed by atoms with Crippen LogP contribution < -0.4 is 5.32 Å². The maximum Gasteiger partial charge on any atom is 0.0795 e. The van der Waals surface area contributed by atoms with Crippen LogP contribution in [-0.2, 0) is 9.47 Å². The fourth-order valence-electron chi connectivity index (χ4n) is 3.67. The van der Waals surface area contributed by atoms with E-state index in [0.717, 1.165) is 6.61 Å². The molecule has 0 amide bonds. The van der Waals surface area contributed by atoms with E-state index in [1.807, 2.05) is 7.11 Å². The second kappa shape index (κ2) is 5.70. The van der Waals surface area contributed by atoms with Crippen LogP contribution in [0.15, 0.2) is 0 Å². The lowest BCUT2D eigenvalue weighted by molar-refractivity contribution is -0.0713. The van der Waals surface area contributed by atoms with Crippen molar-refractivity contribution in [2.24, 2.45) is 0 Å². The minimum absolute atomic E-state index is 0.208. The smallest absolute Gasteiger partial charge is 0.0795 e. The monoisotopic (exact) mass is 271 g/mol. The molecule has 4 atom stereocenters. The fraction of sp³-hybridized carbons (Fsp3) is 1.00. The van der Waals surface area contributed by atoms with Gasteiger partial charge in [-0.2, -0.15) is 11.8 Å². The van der Waals surface area contributed by atoms with Crippen molar-refractivity contribution in [1.29, 1.82) is 0 Å². The minimum Gasteiger partial charge on any atom is -0.381 e. The van der Waals surface area contributed by atoms with Gasteiger partial charge in [0, 0.05) is 31.6 Å². The fourth-order valence-corrected chi connectivity index (χ4v) is 5.05. The number of hydrogen-bond donors (Lipinski definition) is 1. The van der Waals surface area contributed by atoms with Crippen LogP contribution >= 0.6 is 11.8 Å². The zero-order chi connectivity index (χ0) is 12.4. The first-order chi connectivity index (χ1) is 8.80. The van der Waals surface area contributed by atoms with Gasteiger partial charge in [-0.3, -0.25) is 0 Å². The molecule has 104 valence electrons. The predicted octanol–water partition coefficient (Wildman–Crippen LogP) is 2.20. The summed E-state index contributed by atoms with van der Waals surface area (Å²) >= 11 is 2.06. The van der Waals surface area contributed by atoms with Gasteiger partial charge in [0.2, 0.25) is 0 Å². The Morgan fingerprint density at radius 1 is 1.28 bits per heavy atom. The van der Waals surface area contributed by atoms with E-state index in [1.165, 1.54) is 50.0 Å². The van der Waals surface area contributed by atoms with Crippen LogP contribution in [0.4, 0.5) is 0 Å². The van der Waals surface area contributed by atoms with Crippen molar-refractivity contribution >= 4 is 11.8 Å². The maximum atomic E-state index is 6.08. The van der Waals surface area contributed by atoms with Gasteiger partial charge in [0.15, 0.2) is 0 Å². The first-order valence-corrected chi connectivity index (χ1v) is 8.46. The highest BCUT2D eigenvalue weighted by atomic mass is 32.2. The van der Waals surface area contributed by atoms with E-state index in [9.17, 15) is 0 Å². The Hall–Kier alpha value is 0.230. The second-order valence-electron chi connectivity index (χ2n) is 6.06. The molecule has 0 bridgehead atoms. The Kier molecular flexibility index (Phi) is 4.18. The highest BCUT2D eigenvalue weighted by Crippen LogP contribution is 2.38. The SMILES string of the molecule is COC1CCC(NC2CCOC3(CCSC3)C2)C1. The van der Waals surface area contributed by atoms with Gasteiger partial charge >= 0.3 is 0 Å². The summed E-state index contributed by atoms with van der Waals surface area (Å²) in [5, 5.41) is 3.86. The Morgan fingerprint density at radius 2 is 2.22 bits per heavy atom. The average Bonchev–Trinajstić information content (AvgIpc) is 2.99. The molecule has 0 aromatic carbocycles. The molecule has 2 heterocycles. The minimum atomic E-state index is 0.208.